The summed E-state index contributed by atoms with van der Waals surface area (Å²) >= 11 is 0. The maximum absolute atomic E-state index is 12.4. The lowest BCUT2D eigenvalue weighted by molar-refractivity contribution is -0.139. The van der Waals surface area contributed by atoms with Gasteiger partial charge < -0.3 is 10.4 Å². The number of nitrogens with one attached hydrogen (secondary N) is 1. The van der Waals surface area contributed by atoms with Crippen molar-refractivity contribution < 1.29 is 14.7 Å². The molecule has 0 saturated heterocycles. The zero-order valence-electron chi connectivity index (χ0n) is 12.8. The summed E-state index contributed by atoms with van der Waals surface area (Å²) in [4.78, 5) is 23.6. The van der Waals surface area contributed by atoms with Gasteiger partial charge in [0.15, 0.2) is 0 Å². The first-order valence-electron chi connectivity index (χ1n) is 8.59. The molecule has 0 aliphatic heterocycles. The second kappa shape index (κ2) is 5.98. The van der Waals surface area contributed by atoms with E-state index in [1.807, 2.05) is 0 Å². The van der Waals surface area contributed by atoms with Gasteiger partial charge in [-0.1, -0.05) is 25.7 Å². The van der Waals surface area contributed by atoms with Crippen molar-refractivity contribution in [3.63, 3.8) is 0 Å². The van der Waals surface area contributed by atoms with Gasteiger partial charge in [-0.05, 0) is 49.9 Å². The van der Waals surface area contributed by atoms with E-state index >= 15 is 0 Å². The molecule has 0 aromatic heterocycles. The number of carbonyl (C=O) groups excluding carboxylic acids is 1. The number of hydrogen-bond acceptors (Lipinski definition) is 2. The Bertz CT molecular complexity index is 414. The van der Waals surface area contributed by atoms with Crippen LogP contribution in [0.5, 0.6) is 0 Å². The number of carbonyl (C=O) groups is 2. The van der Waals surface area contributed by atoms with E-state index < -0.39 is 11.5 Å². The molecule has 2 bridgehead atoms. The first-order chi connectivity index (χ1) is 10.1. The van der Waals surface area contributed by atoms with Gasteiger partial charge in [-0.15, -0.1) is 0 Å². The minimum absolute atomic E-state index is 0.0788. The number of hydrogen-bond donors (Lipinski definition) is 2. The van der Waals surface area contributed by atoms with E-state index in [0.29, 0.717) is 12.3 Å². The minimum atomic E-state index is -0.794. The summed E-state index contributed by atoms with van der Waals surface area (Å²) in [6.07, 6.45) is 10.7. The highest BCUT2D eigenvalue weighted by Gasteiger charge is 2.41. The Balaban J connectivity index is 1.57. The van der Waals surface area contributed by atoms with E-state index in [0.717, 1.165) is 43.9 Å². The monoisotopic (exact) mass is 293 g/mol. The van der Waals surface area contributed by atoms with Crippen LogP contribution in [0.3, 0.4) is 0 Å². The van der Waals surface area contributed by atoms with Crippen LogP contribution in [-0.4, -0.2) is 22.5 Å². The van der Waals surface area contributed by atoms with Crippen molar-refractivity contribution in [2.75, 3.05) is 0 Å². The van der Waals surface area contributed by atoms with E-state index in [-0.39, 0.29) is 12.3 Å². The van der Waals surface area contributed by atoms with E-state index in [9.17, 15) is 9.59 Å². The van der Waals surface area contributed by atoms with Gasteiger partial charge in [0, 0.05) is 6.42 Å². The van der Waals surface area contributed by atoms with Gasteiger partial charge in [-0.2, -0.15) is 0 Å². The predicted octanol–water partition coefficient (Wildman–Crippen LogP) is 3.11. The molecule has 2 N–H and O–H groups in total. The highest BCUT2D eigenvalue weighted by atomic mass is 16.4. The lowest BCUT2D eigenvalue weighted by Crippen LogP contribution is -2.51. The fourth-order valence-electron chi connectivity index (χ4n) is 5.08. The van der Waals surface area contributed by atoms with E-state index in [4.69, 9.17) is 5.11 Å². The molecular formula is C17H27NO3. The summed E-state index contributed by atoms with van der Waals surface area (Å²) in [5.41, 5.74) is -0.473. The Labute approximate surface area is 126 Å². The Kier molecular flexibility index (Phi) is 4.23. The molecule has 0 spiro atoms. The minimum Gasteiger partial charge on any atom is -0.481 e. The largest absolute Gasteiger partial charge is 0.481 e. The fraction of sp³-hybridized carbons (Fsp3) is 0.882. The van der Waals surface area contributed by atoms with E-state index in [1.54, 1.807) is 0 Å². The molecule has 0 radical (unpaired) electrons. The highest BCUT2D eigenvalue weighted by Crippen LogP contribution is 2.49. The van der Waals surface area contributed by atoms with Crippen LogP contribution < -0.4 is 5.32 Å². The second-order valence-electron chi connectivity index (χ2n) is 7.60. The summed E-state index contributed by atoms with van der Waals surface area (Å²) in [6, 6.07) is 0. The number of fused-ring (bicyclic) bond motifs is 2. The lowest BCUT2D eigenvalue weighted by Gasteiger charge is -2.37. The van der Waals surface area contributed by atoms with Crippen molar-refractivity contribution in [2.24, 2.45) is 17.8 Å². The predicted molar refractivity (Wildman–Crippen MR) is 79.8 cm³/mol. The molecule has 4 heteroatoms. The zero-order chi connectivity index (χ0) is 14.9. The third-order valence-corrected chi connectivity index (χ3v) is 6.04. The zero-order valence-corrected chi connectivity index (χ0v) is 12.8. The maximum atomic E-state index is 12.4. The molecule has 118 valence electrons. The average molecular weight is 293 g/mol. The first-order valence-corrected chi connectivity index (χ1v) is 8.59. The molecule has 21 heavy (non-hydrogen) atoms. The van der Waals surface area contributed by atoms with Crippen molar-refractivity contribution in [3.05, 3.63) is 0 Å². The summed E-state index contributed by atoms with van der Waals surface area (Å²) in [5.74, 6) is 1.46. The van der Waals surface area contributed by atoms with Crippen molar-refractivity contribution in [1.29, 1.82) is 0 Å². The third-order valence-electron chi connectivity index (χ3n) is 6.04. The topological polar surface area (TPSA) is 66.4 Å². The Hall–Kier alpha value is -1.06. The molecule has 4 nitrogen and oxygen atoms in total. The van der Waals surface area contributed by atoms with Crippen molar-refractivity contribution in [1.82, 2.24) is 5.32 Å². The Morgan fingerprint density at radius 3 is 2.43 bits per heavy atom. The van der Waals surface area contributed by atoms with Gasteiger partial charge in [0.25, 0.3) is 0 Å². The summed E-state index contributed by atoms with van der Waals surface area (Å²) in [7, 11) is 0. The molecular weight excluding hydrogens is 266 g/mol. The quantitative estimate of drug-likeness (QED) is 0.818. The van der Waals surface area contributed by atoms with Crippen LogP contribution in [0.25, 0.3) is 0 Å². The van der Waals surface area contributed by atoms with Crippen LogP contribution in [0.4, 0.5) is 0 Å². The third kappa shape index (κ3) is 3.41. The fourth-order valence-corrected chi connectivity index (χ4v) is 5.08. The van der Waals surface area contributed by atoms with Gasteiger partial charge in [-0.3, -0.25) is 9.59 Å². The SMILES string of the molecule is O=C(O)CC1(NC(=O)CC2CC3CCC2C3)CCCCC1. The molecule has 0 aromatic carbocycles. The van der Waals surface area contributed by atoms with Crippen LogP contribution in [0, 0.1) is 17.8 Å². The van der Waals surface area contributed by atoms with E-state index in [2.05, 4.69) is 5.32 Å². The number of carboxylic acids is 1. The molecule has 0 aromatic rings. The first kappa shape index (κ1) is 14.9. The van der Waals surface area contributed by atoms with Gasteiger partial charge in [-0.25, -0.2) is 0 Å². The number of amides is 1. The summed E-state index contributed by atoms with van der Waals surface area (Å²) in [6.45, 7) is 0. The lowest BCUT2D eigenvalue weighted by atomic mass is 9.78. The molecule has 3 atom stereocenters. The number of carboxylic acid groups (broad SMARTS) is 1. The molecule has 0 heterocycles. The van der Waals surface area contributed by atoms with Crippen LogP contribution in [0.15, 0.2) is 0 Å². The van der Waals surface area contributed by atoms with E-state index in [1.165, 1.54) is 25.7 Å². The van der Waals surface area contributed by atoms with Crippen LogP contribution in [0.2, 0.25) is 0 Å². The van der Waals surface area contributed by atoms with Crippen LogP contribution in [-0.2, 0) is 9.59 Å². The molecule has 3 unspecified atom stereocenters. The average Bonchev–Trinajstić information content (AvgIpc) is 3.00. The molecule has 3 saturated carbocycles. The van der Waals surface area contributed by atoms with Crippen LogP contribution in [0.1, 0.15) is 70.6 Å². The maximum Gasteiger partial charge on any atom is 0.305 e. The molecule has 3 aliphatic rings. The van der Waals surface area contributed by atoms with Gasteiger partial charge >= 0.3 is 5.97 Å². The van der Waals surface area contributed by atoms with Crippen molar-refractivity contribution in [2.45, 2.75) is 76.2 Å². The second-order valence-corrected chi connectivity index (χ2v) is 7.60. The van der Waals surface area contributed by atoms with Gasteiger partial charge in [0.1, 0.15) is 0 Å². The standard InChI is InChI=1S/C17H27NO3/c19-15(10-14-9-12-4-5-13(14)8-12)18-17(11-16(20)21)6-2-1-3-7-17/h12-14H,1-11H2,(H,18,19)(H,20,21). The number of rotatable bonds is 5. The molecule has 3 aliphatic carbocycles. The Morgan fingerprint density at radius 2 is 1.86 bits per heavy atom. The van der Waals surface area contributed by atoms with Crippen molar-refractivity contribution >= 4 is 11.9 Å². The van der Waals surface area contributed by atoms with Gasteiger partial charge in [0.05, 0.1) is 12.0 Å². The normalized spacial score (nSPS) is 33.8. The molecule has 3 fully saturated rings. The number of aliphatic carboxylic acids is 1. The molecule has 3 rings (SSSR count). The summed E-state index contributed by atoms with van der Waals surface area (Å²) in [5, 5.41) is 12.3. The van der Waals surface area contributed by atoms with Crippen LogP contribution >= 0.6 is 0 Å². The smallest absolute Gasteiger partial charge is 0.305 e. The Morgan fingerprint density at radius 1 is 1.10 bits per heavy atom. The van der Waals surface area contributed by atoms with Gasteiger partial charge in [0.2, 0.25) is 5.91 Å². The highest BCUT2D eigenvalue weighted by molar-refractivity contribution is 5.78. The summed E-state index contributed by atoms with van der Waals surface area (Å²) < 4.78 is 0. The molecule has 1 amide bonds. The van der Waals surface area contributed by atoms with Crippen molar-refractivity contribution in [3.8, 4) is 0 Å².